The standard InChI is InChI=1S/C19H16Cl2N2O2S/c20-14-4-2-13(15(21)9-14)10-22-19-23-16(11-26-19)12-3-5-17-18(8-12)25-7-1-6-24-17/h2-5,8-9,11H,1,6-7,10H2,(H,22,23). The van der Waals surface area contributed by atoms with Crippen molar-refractivity contribution in [2.45, 2.75) is 13.0 Å². The number of ether oxygens (including phenoxy) is 2. The molecule has 4 nitrogen and oxygen atoms in total. The number of hydrogen-bond donors (Lipinski definition) is 1. The normalized spacial score (nSPS) is 13.3. The molecule has 2 aromatic carbocycles. The first-order valence-electron chi connectivity index (χ1n) is 8.22. The second-order valence-corrected chi connectivity index (χ2v) is 7.54. The van der Waals surface area contributed by atoms with Crippen LogP contribution in [0.4, 0.5) is 5.13 Å². The SMILES string of the molecule is Clc1ccc(CNc2nc(-c3ccc4c(c3)OCCCO4)cs2)c(Cl)c1. The fraction of sp³-hybridized carbons (Fsp3) is 0.211. The molecule has 0 radical (unpaired) electrons. The number of anilines is 1. The zero-order chi connectivity index (χ0) is 17.9. The van der Waals surface area contributed by atoms with E-state index in [0.717, 1.165) is 39.9 Å². The van der Waals surface area contributed by atoms with Crippen LogP contribution in [0.5, 0.6) is 11.5 Å². The molecular formula is C19H16Cl2N2O2S. The van der Waals surface area contributed by atoms with Crippen molar-refractivity contribution >= 4 is 39.7 Å². The summed E-state index contributed by atoms with van der Waals surface area (Å²) in [5.41, 5.74) is 2.88. The van der Waals surface area contributed by atoms with E-state index in [2.05, 4.69) is 10.3 Å². The minimum absolute atomic E-state index is 0.587. The van der Waals surface area contributed by atoms with Gasteiger partial charge in [-0.3, -0.25) is 0 Å². The van der Waals surface area contributed by atoms with Gasteiger partial charge in [0.05, 0.1) is 18.9 Å². The summed E-state index contributed by atoms with van der Waals surface area (Å²) in [6, 6.07) is 11.4. The number of benzene rings is 2. The number of nitrogens with one attached hydrogen (secondary N) is 1. The molecule has 1 aromatic heterocycles. The Hall–Kier alpha value is -1.95. The Morgan fingerprint density at radius 1 is 1.04 bits per heavy atom. The molecule has 26 heavy (non-hydrogen) atoms. The van der Waals surface area contributed by atoms with Crippen LogP contribution in [-0.4, -0.2) is 18.2 Å². The number of aromatic nitrogens is 1. The third-order valence-corrected chi connectivity index (χ3v) is 5.38. The van der Waals surface area contributed by atoms with Crippen LogP contribution in [0.25, 0.3) is 11.3 Å². The van der Waals surface area contributed by atoms with E-state index < -0.39 is 0 Å². The van der Waals surface area contributed by atoms with Gasteiger partial charge in [-0.15, -0.1) is 11.3 Å². The quantitative estimate of drug-likeness (QED) is 0.586. The van der Waals surface area contributed by atoms with Crippen LogP contribution in [0.15, 0.2) is 41.8 Å². The molecule has 0 amide bonds. The number of thiazole rings is 1. The van der Waals surface area contributed by atoms with E-state index in [0.29, 0.717) is 29.8 Å². The molecule has 7 heteroatoms. The zero-order valence-electron chi connectivity index (χ0n) is 13.8. The first kappa shape index (κ1) is 17.5. The molecular weight excluding hydrogens is 391 g/mol. The molecule has 2 heterocycles. The highest BCUT2D eigenvalue weighted by Gasteiger charge is 2.13. The predicted molar refractivity (Wildman–Crippen MR) is 107 cm³/mol. The highest BCUT2D eigenvalue weighted by Crippen LogP contribution is 2.35. The molecule has 0 atom stereocenters. The van der Waals surface area contributed by atoms with Gasteiger partial charge in [-0.2, -0.15) is 0 Å². The van der Waals surface area contributed by atoms with Gasteiger partial charge in [0.1, 0.15) is 0 Å². The Kier molecular flexibility index (Phi) is 5.20. The van der Waals surface area contributed by atoms with Crippen LogP contribution in [0.1, 0.15) is 12.0 Å². The molecule has 0 aliphatic carbocycles. The van der Waals surface area contributed by atoms with E-state index >= 15 is 0 Å². The maximum absolute atomic E-state index is 6.21. The average Bonchev–Trinajstić information content (AvgIpc) is 2.98. The highest BCUT2D eigenvalue weighted by atomic mass is 35.5. The Bertz CT molecular complexity index is 930. The van der Waals surface area contributed by atoms with Crippen LogP contribution in [0.2, 0.25) is 10.0 Å². The lowest BCUT2D eigenvalue weighted by Gasteiger charge is -2.08. The van der Waals surface area contributed by atoms with Gasteiger partial charge in [0.25, 0.3) is 0 Å². The summed E-state index contributed by atoms with van der Waals surface area (Å²) in [6.45, 7) is 1.94. The van der Waals surface area contributed by atoms with Crippen molar-refractivity contribution in [3.8, 4) is 22.8 Å². The lowest BCUT2D eigenvalue weighted by Crippen LogP contribution is -1.99. The maximum Gasteiger partial charge on any atom is 0.183 e. The summed E-state index contributed by atoms with van der Waals surface area (Å²) in [7, 11) is 0. The molecule has 0 spiro atoms. The van der Waals surface area contributed by atoms with Crippen molar-refractivity contribution in [2.75, 3.05) is 18.5 Å². The molecule has 1 aliphatic heterocycles. The summed E-state index contributed by atoms with van der Waals surface area (Å²) in [5, 5.41) is 7.43. The van der Waals surface area contributed by atoms with Gasteiger partial charge in [-0.1, -0.05) is 29.3 Å². The topological polar surface area (TPSA) is 43.4 Å². The lowest BCUT2D eigenvalue weighted by atomic mass is 10.1. The van der Waals surface area contributed by atoms with Gasteiger partial charge < -0.3 is 14.8 Å². The van der Waals surface area contributed by atoms with Crippen molar-refractivity contribution in [3.05, 3.63) is 57.4 Å². The van der Waals surface area contributed by atoms with E-state index in [1.54, 1.807) is 17.4 Å². The van der Waals surface area contributed by atoms with E-state index in [-0.39, 0.29) is 0 Å². The Morgan fingerprint density at radius 3 is 2.73 bits per heavy atom. The molecule has 0 fully saturated rings. The maximum atomic E-state index is 6.21. The Morgan fingerprint density at radius 2 is 1.88 bits per heavy atom. The molecule has 3 aromatic rings. The molecule has 4 rings (SSSR count). The third kappa shape index (κ3) is 3.90. The van der Waals surface area contributed by atoms with Crippen LogP contribution in [-0.2, 0) is 6.54 Å². The molecule has 1 N–H and O–H groups in total. The summed E-state index contributed by atoms with van der Waals surface area (Å²) < 4.78 is 11.4. The minimum atomic E-state index is 0.587. The largest absolute Gasteiger partial charge is 0.490 e. The van der Waals surface area contributed by atoms with Crippen molar-refractivity contribution in [1.82, 2.24) is 4.98 Å². The van der Waals surface area contributed by atoms with Crippen LogP contribution in [0.3, 0.4) is 0 Å². The summed E-state index contributed by atoms with van der Waals surface area (Å²) in [4.78, 5) is 4.66. The second kappa shape index (κ2) is 7.74. The Balaban J connectivity index is 1.48. The Labute approximate surface area is 165 Å². The molecule has 134 valence electrons. The first-order valence-corrected chi connectivity index (χ1v) is 9.86. The smallest absolute Gasteiger partial charge is 0.183 e. The number of halogens is 2. The van der Waals surface area contributed by atoms with E-state index in [1.807, 2.05) is 35.7 Å². The molecule has 0 bridgehead atoms. The zero-order valence-corrected chi connectivity index (χ0v) is 16.1. The predicted octanol–water partition coefficient (Wildman–Crippen LogP) is 5.89. The van der Waals surface area contributed by atoms with Gasteiger partial charge in [0.2, 0.25) is 0 Å². The second-order valence-electron chi connectivity index (χ2n) is 5.84. The summed E-state index contributed by atoms with van der Waals surface area (Å²) >= 11 is 13.7. The number of nitrogens with zero attached hydrogens (tertiary/aromatic N) is 1. The van der Waals surface area contributed by atoms with Crippen molar-refractivity contribution in [3.63, 3.8) is 0 Å². The van der Waals surface area contributed by atoms with Crippen molar-refractivity contribution < 1.29 is 9.47 Å². The summed E-state index contributed by atoms with van der Waals surface area (Å²) in [6.07, 6.45) is 0.891. The lowest BCUT2D eigenvalue weighted by molar-refractivity contribution is 0.297. The van der Waals surface area contributed by atoms with Crippen LogP contribution < -0.4 is 14.8 Å². The van der Waals surface area contributed by atoms with Gasteiger partial charge in [-0.25, -0.2) is 4.98 Å². The molecule has 0 saturated carbocycles. The number of rotatable bonds is 4. The van der Waals surface area contributed by atoms with Crippen LogP contribution in [0, 0.1) is 0 Å². The molecule has 1 aliphatic rings. The highest BCUT2D eigenvalue weighted by molar-refractivity contribution is 7.14. The van der Waals surface area contributed by atoms with Gasteiger partial charge >= 0.3 is 0 Å². The van der Waals surface area contributed by atoms with Crippen molar-refractivity contribution in [2.24, 2.45) is 0 Å². The monoisotopic (exact) mass is 406 g/mol. The van der Waals surface area contributed by atoms with Crippen LogP contribution >= 0.6 is 34.5 Å². The fourth-order valence-electron chi connectivity index (χ4n) is 2.65. The van der Waals surface area contributed by atoms with E-state index in [9.17, 15) is 0 Å². The van der Waals surface area contributed by atoms with Gasteiger partial charge in [0.15, 0.2) is 16.6 Å². The number of hydrogen-bond acceptors (Lipinski definition) is 5. The molecule has 0 saturated heterocycles. The van der Waals surface area contributed by atoms with Crippen molar-refractivity contribution in [1.29, 1.82) is 0 Å². The van der Waals surface area contributed by atoms with E-state index in [1.165, 1.54) is 0 Å². The van der Waals surface area contributed by atoms with Gasteiger partial charge in [-0.05, 0) is 35.9 Å². The van der Waals surface area contributed by atoms with E-state index in [4.69, 9.17) is 32.7 Å². The van der Waals surface area contributed by atoms with Gasteiger partial charge in [0, 0.05) is 34.0 Å². The summed E-state index contributed by atoms with van der Waals surface area (Å²) in [5.74, 6) is 1.56. The number of fused-ring (bicyclic) bond motifs is 1. The minimum Gasteiger partial charge on any atom is -0.490 e. The first-order chi connectivity index (χ1) is 12.7. The third-order valence-electron chi connectivity index (χ3n) is 3.99. The average molecular weight is 407 g/mol. The molecule has 0 unspecified atom stereocenters. The fourth-order valence-corrected chi connectivity index (χ4v) is 3.84.